The Morgan fingerprint density at radius 3 is 2.83 bits per heavy atom. The zero-order chi connectivity index (χ0) is 13.1. The first-order chi connectivity index (χ1) is 8.58. The number of aryl methyl sites for hydroxylation is 1. The summed E-state index contributed by atoms with van der Waals surface area (Å²) in [6.07, 6.45) is 1.38. The van der Waals surface area contributed by atoms with Gasteiger partial charge < -0.3 is 14.8 Å². The van der Waals surface area contributed by atoms with Crippen LogP contribution in [-0.4, -0.2) is 31.9 Å². The largest absolute Gasteiger partial charge is 0.492 e. The minimum absolute atomic E-state index is 0.0304. The molecule has 0 fully saturated rings. The summed E-state index contributed by atoms with van der Waals surface area (Å²) < 4.78 is 19.9. The van der Waals surface area contributed by atoms with E-state index in [1.54, 1.807) is 7.05 Å². The molecule has 18 heavy (non-hydrogen) atoms. The smallest absolute Gasteiger partial charge is 0.486 e. The van der Waals surface area contributed by atoms with E-state index in [1.807, 2.05) is 0 Å². The van der Waals surface area contributed by atoms with Crippen LogP contribution in [0.25, 0.3) is 0 Å². The van der Waals surface area contributed by atoms with E-state index in [1.165, 1.54) is 23.1 Å². The molecule has 0 atom stereocenters. The number of halogens is 1. The zero-order valence-corrected chi connectivity index (χ0v) is 9.62. The maximum Gasteiger partial charge on any atom is 0.492 e. The van der Waals surface area contributed by atoms with Gasteiger partial charge in [-0.1, -0.05) is 0 Å². The highest BCUT2D eigenvalue weighted by atomic mass is 19.1. The summed E-state index contributed by atoms with van der Waals surface area (Å²) >= 11 is 0. The lowest BCUT2D eigenvalue weighted by Gasteiger charge is -2.10. The van der Waals surface area contributed by atoms with Crippen LogP contribution < -0.4 is 10.2 Å². The average Bonchev–Trinajstić information content (AvgIpc) is 2.73. The molecule has 1 aromatic carbocycles. The van der Waals surface area contributed by atoms with E-state index in [0.717, 1.165) is 6.07 Å². The Kier molecular flexibility index (Phi) is 3.59. The van der Waals surface area contributed by atoms with Crippen molar-refractivity contribution in [3.05, 3.63) is 36.2 Å². The molecule has 8 heteroatoms. The fourth-order valence-corrected chi connectivity index (χ4v) is 1.45. The lowest BCUT2D eigenvalue weighted by Crippen LogP contribution is -2.31. The van der Waals surface area contributed by atoms with E-state index < -0.39 is 12.9 Å². The first-order valence-electron chi connectivity index (χ1n) is 5.19. The number of ether oxygens (including phenoxy) is 1. The van der Waals surface area contributed by atoms with Crippen molar-refractivity contribution in [2.24, 2.45) is 7.05 Å². The van der Waals surface area contributed by atoms with Gasteiger partial charge in [0.25, 0.3) is 0 Å². The average molecular weight is 251 g/mol. The highest BCUT2D eigenvalue weighted by Crippen LogP contribution is 2.11. The molecule has 94 valence electrons. The van der Waals surface area contributed by atoms with E-state index in [0.29, 0.717) is 5.82 Å². The van der Waals surface area contributed by atoms with Gasteiger partial charge in [0.05, 0.1) is 0 Å². The molecule has 0 aliphatic heterocycles. The lowest BCUT2D eigenvalue weighted by molar-refractivity contribution is 0.290. The molecule has 0 unspecified atom stereocenters. The Morgan fingerprint density at radius 1 is 1.44 bits per heavy atom. The molecule has 2 aromatic rings. The monoisotopic (exact) mass is 251 g/mol. The van der Waals surface area contributed by atoms with Crippen LogP contribution in [0.1, 0.15) is 5.82 Å². The normalized spacial score (nSPS) is 10.4. The van der Waals surface area contributed by atoms with Crippen molar-refractivity contribution in [2.75, 3.05) is 0 Å². The topological polar surface area (TPSA) is 80.4 Å². The van der Waals surface area contributed by atoms with Gasteiger partial charge in [0.2, 0.25) is 0 Å². The fraction of sp³-hybridized carbons (Fsp3) is 0.200. The van der Waals surface area contributed by atoms with Crippen LogP contribution in [0.5, 0.6) is 5.75 Å². The van der Waals surface area contributed by atoms with Crippen molar-refractivity contribution in [1.29, 1.82) is 0 Å². The maximum atomic E-state index is 13.0. The van der Waals surface area contributed by atoms with Crippen molar-refractivity contribution >= 4 is 12.6 Å². The number of aromatic nitrogens is 3. The number of hydrogen-bond acceptors (Lipinski definition) is 5. The van der Waals surface area contributed by atoms with Gasteiger partial charge in [-0.25, -0.2) is 9.37 Å². The van der Waals surface area contributed by atoms with Gasteiger partial charge in [0.15, 0.2) is 5.82 Å². The molecule has 0 spiro atoms. The van der Waals surface area contributed by atoms with Crippen LogP contribution in [0.4, 0.5) is 4.39 Å². The third kappa shape index (κ3) is 2.66. The molecular formula is C10H11BFN3O3. The Balaban J connectivity index is 2.16. The first kappa shape index (κ1) is 12.5. The Labute approximate surface area is 103 Å². The van der Waals surface area contributed by atoms with Gasteiger partial charge in [0.1, 0.15) is 24.5 Å². The summed E-state index contributed by atoms with van der Waals surface area (Å²) in [4.78, 5) is 3.95. The van der Waals surface area contributed by atoms with E-state index in [4.69, 9.17) is 14.8 Å². The molecule has 0 radical (unpaired) electrons. The SMILES string of the molecule is Cn1ncnc1COc1ccc(F)cc1B(O)O. The van der Waals surface area contributed by atoms with Gasteiger partial charge >= 0.3 is 7.12 Å². The third-order valence-corrected chi connectivity index (χ3v) is 2.41. The molecular weight excluding hydrogens is 240 g/mol. The van der Waals surface area contributed by atoms with E-state index >= 15 is 0 Å². The summed E-state index contributed by atoms with van der Waals surface area (Å²) in [6, 6.07) is 3.52. The summed E-state index contributed by atoms with van der Waals surface area (Å²) in [5.41, 5.74) is -0.0304. The molecule has 0 saturated carbocycles. The minimum Gasteiger partial charge on any atom is -0.486 e. The Morgan fingerprint density at radius 2 is 2.22 bits per heavy atom. The van der Waals surface area contributed by atoms with Gasteiger partial charge in [-0.15, -0.1) is 0 Å². The first-order valence-corrected chi connectivity index (χ1v) is 5.19. The third-order valence-electron chi connectivity index (χ3n) is 2.41. The zero-order valence-electron chi connectivity index (χ0n) is 9.62. The van der Waals surface area contributed by atoms with Gasteiger partial charge in [0, 0.05) is 12.5 Å². The molecule has 1 heterocycles. The van der Waals surface area contributed by atoms with Crippen LogP contribution in [0.2, 0.25) is 0 Å². The molecule has 0 saturated heterocycles. The molecule has 0 aliphatic carbocycles. The molecule has 0 amide bonds. The predicted octanol–water partition coefficient (Wildman–Crippen LogP) is -0.787. The molecule has 6 nitrogen and oxygen atoms in total. The Bertz CT molecular complexity index is 547. The van der Waals surface area contributed by atoms with Gasteiger partial charge in [-0.2, -0.15) is 5.10 Å². The van der Waals surface area contributed by atoms with Crippen molar-refractivity contribution in [2.45, 2.75) is 6.61 Å². The lowest BCUT2D eigenvalue weighted by atomic mass is 9.79. The quantitative estimate of drug-likeness (QED) is 0.696. The van der Waals surface area contributed by atoms with Gasteiger partial charge in [-0.3, -0.25) is 4.68 Å². The molecule has 0 aliphatic rings. The second kappa shape index (κ2) is 5.15. The second-order valence-electron chi connectivity index (χ2n) is 3.64. The van der Waals surface area contributed by atoms with Crippen molar-refractivity contribution in [1.82, 2.24) is 14.8 Å². The van der Waals surface area contributed by atoms with Crippen LogP contribution in [0, 0.1) is 5.82 Å². The summed E-state index contributed by atoms with van der Waals surface area (Å²) in [6.45, 7) is 0.0991. The highest BCUT2D eigenvalue weighted by molar-refractivity contribution is 6.59. The van der Waals surface area contributed by atoms with Gasteiger partial charge in [-0.05, 0) is 18.2 Å². The van der Waals surface area contributed by atoms with Crippen LogP contribution in [-0.2, 0) is 13.7 Å². The van der Waals surface area contributed by atoms with E-state index in [2.05, 4.69) is 10.1 Å². The minimum atomic E-state index is -1.80. The van der Waals surface area contributed by atoms with E-state index in [-0.39, 0.29) is 17.8 Å². The number of nitrogens with zero attached hydrogens (tertiary/aromatic N) is 3. The maximum absolute atomic E-state index is 13.0. The highest BCUT2D eigenvalue weighted by Gasteiger charge is 2.18. The number of benzene rings is 1. The number of rotatable bonds is 4. The molecule has 0 bridgehead atoms. The molecule has 2 N–H and O–H groups in total. The van der Waals surface area contributed by atoms with E-state index in [9.17, 15) is 4.39 Å². The second-order valence-corrected chi connectivity index (χ2v) is 3.64. The Hall–Kier alpha value is -1.93. The summed E-state index contributed by atoms with van der Waals surface area (Å²) in [5.74, 6) is 0.191. The van der Waals surface area contributed by atoms with Crippen LogP contribution >= 0.6 is 0 Å². The van der Waals surface area contributed by atoms with Crippen LogP contribution in [0.3, 0.4) is 0 Å². The van der Waals surface area contributed by atoms with Crippen molar-refractivity contribution in [3.8, 4) is 5.75 Å². The molecule has 2 rings (SSSR count). The van der Waals surface area contributed by atoms with Crippen molar-refractivity contribution < 1.29 is 19.2 Å². The van der Waals surface area contributed by atoms with Crippen LogP contribution in [0.15, 0.2) is 24.5 Å². The number of hydrogen-bond donors (Lipinski definition) is 2. The predicted molar refractivity (Wildman–Crippen MR) is 61.6 cm³/mol. The summed E-state index contributed by atoms with van der Waals surface area (Å²) in [5, 5.41) is 22.1. The van der Waals surface area contributed by atoms with Crippen molar-refractivity contribution in [3.63, 3.8) is 0 Å². The summed E-state index contributed by atoms with van der Waals surface area (Å²) in [7, 11) is -0.0896. The molecule has 1 aromatic heterocycles. The standard InChI is InChI=1S/C10H11BFN3O3/c1-15-10(13-6-14-15)5-18-9-3-2-7(12)4-8(9)11(16)17/h2-4,6,16-17H,5H2,1H3. The fourth-order valence-electron chi connectivity index (χ4n) is 1.45.